The maximum atomic E-state index is 16.0. The summed E-state index contributed by atoms with van der Waals surface area (Å²) in [6, 6.07) is -1.46. The van der Waals surface area contributed by atoms with Gasteiger partial charge in [-0.05, 0) is 104 Å². The number of rotatable bonds is 21. The van der Waals surface area contributed by atoms with Gasteiger partial charge in [0.05, 0.1) is 69.4 Å². The minimum atomic E-state index is -2.24. The Hall–Kier alpha value is -3.42. The predicted octanol–water partition coefficient (Wildman–Crippen LogP) is -6.84. The smallest absolute Gasteiger partial charge is 0.335 e. The number of aliphatic hydroxyl groups is 18. The fourth-order valence-corrected chi connectivity index (χ4v) is 20.5. The zero-order chi connectivity index (χ0) is 80.4. The van der Waals surface area contributed by atoms with Gasteiger partial charge in [0.25, 0.3) is 0 Å². The third-order valence-corrected chi connectivity index (χ3v) is 27.3. The SMILES string of the molecule is CCC(=O)N[C@H]1C(CO)O[C@@H](OC(=O)[C@]23CCC(C)(C)CC2C2=CCC4C5(C)CC[C@H](O[C@@H]6OC(C(=O)O)[C@H](O)[C@H](O[C@@H]7OC[C@H](O)[C@H](O)C7O)C6O[C@@H]6OC(CO)[C@H](O)[C@H](O)C6O)[C@](C)(C=O)[C@@H]5CC[C@]4(C)[C@]2(C)CC3O)C(O[C@@H]2OC(C)[C@H](O[C@@H]3OC[C@H](O)C(O[C@H]4OC[C@@](O)(CO)C4O)C3O)C(O)C2O)C1O. The molecule has 0 aromatic heterocycles. The van der Waals surface area contributed by atoms with Crippen LogP contribution in [0.1, 0.15) is 120 Å². The van der Waals surface area contributed by atoms with E-state index in [0.717, 1.165) is 11.9 Å². The summed E-state index contributed by atoms with van der Waals surface area (Å²) in [5.74, 6) is -4.84. The van der Waals surface area contributed by atoms with Gasteiger partial charge in [0.15, 0.2) is 49.9 Å². The number of hydrogen-bond acceptors (Lipinski definition) is 36. The number of esters is 1. The molecule has 7 aliphatic heterocycles. The van der Waals surface area contributed by atoms with E-state index in [-0.39, 0.29) is 31.6 Å². The van der Waals surface area contributed by atoms with Crippen molar-refractivity contribution in [2.24, 2.45) is 50.2 Å². The lowest BCUT2D eigenvalue weighted by molar-refractivity contribution is -0.391. The van der Waals surface area contributed by atoms with Crippen molar-refractivity contribution in [3.63, 3.8) is 0 Å². The maximum absolute atomic E-state index is 16.0. The summed E-state index contributed by atoms with van der Waals surface area (Å²) in [5.41, 5.74) is -7.23. The van der Waals surface area contributed by atoms with E-state index in [2.05, 4.69) is 46.0 Å². The van der Waals surface area contributed by atoms with Crippen LogP contribution in [0.3, 0.4) is 0 Å². The van der Waals surface area contributed by atoms with E-state index >= 15 is 4.79 Å². The lowest BCUT2D eigenvalue weighted by Gasteiger charge is -2.71. The number of allylic oxidation sites excluding steroid dienone is 2. The molecule has 41 atom stereocenters. The van der Waals surface area contributed by atoms with Crippen molar-refractivity contribution in [1.29, 1.82) is 0 Å². The van der Waals surface area contributed by atoms with Crippen molar-refractivity contribution in [2.75, 3.05) is 39.6 Å². The number of aliphatic carboxylic acids is 1. The Morgan fingerprint density at radius 1 is 0.573 bits per heavy atom. The monoisotopic (exact) mass is 1580 g/mol. The summed E-state index contributed by atoms with van der Waals surface area (Å²) in [4.78, 5) is 56.4. The molecule has 0 spiro atoms. The average molecular weight is 1580 g/mol. The highest BCUT2D eigenvalue weighted by Gasteiger charge is 2.73. The second-order valence-corrected chi connectivity index (χ2v) is 34.2. The highest BCUT2D eigenvalue weighted by molar-refractivity contribution is 5.80. The lowest BCUT2D eigenvalue weighted by atomic mass is 9.33. The highest BCUT2D eigenvalue weighted by atomic mass is 16.8. The fraction of sp³-hybridized carbons (Fsp3) is 0.917. The summed E-state index contributed by atoms with van der Waals surface area (Å²) in [6.45, 7) is 10.7. The Morgan fingerprint density at radius 2 is 1.18 bits per heavy atom. The van der Waals surface area contributed by atoms with E-state index in [4.69, 9.17) is 66.3 Å². The molecule has 5 aliphatic carbocycles. The van der Waals surface area contributed by atoms with Crippen LogP contribution in [0, 0.1) is 50.2 Å². The van der Waals surface area contributed by atoms with Gasteiger partial charge in [-0.1, -0.05) is 60.1 Å². The number of fused-ring (bicyclic) bond motifs is 7. The number of carbonyl (C=O) groups is 4. The van der Waals surface area contributed by atoms with Crippen LogP contribution >= 0.6 is 0 Å². The van der Waals surface area contributed by atoms with Crippen LogP contribution in [0.15, 0.2) is 11.6 Å². The first-order chi connectivity index (χ1) is 51.7. The summed E-state index contributed by atoms with van der Waals surface area (Å²) in [5, 5.41) is 213. The van der Waals surface area contributed by atoms with Crippen molar-refractivity contribution < 1.29 is 183 Å². The minimum Gasteiger partial charge on any atom is -0.479 e. The molecule has 0 aromatic carbocycles. The van der Waals surface area contributed by atoms with Crippen LogP contribution < -0.4 is 5.32 Å². The first-order valence-electron chi connectivity index (χ1n) is 38.1. The third kappa shape index (κ3) is 14.8. The van der Waals surface area contributed by atoms with E-state index in [1.54, 1.807) is 6.92 Å². The summed E-state index contributed by atoms with van der Waals surface area (Å²) in [7, 11) is 0. The van der Waals surface area contributed by atoms with E-state index in [0.29, 0.717) is 38.5 Å². The molecule has 110 heavy (non-hydrogen) atoms. The molecule has 38 heteroatoms. The zero-order valence-electron chi connectivity index (χ0n) is 62.5. The molecule has 628 valence electrons. The quantitative estimate of drug-likeness (QED) is 0.0220. The molecule has 38 nitrogen and oxygen atoms in total. The Labute approximate surface area is 633 Å². The van der Waals surface area contributed by atoms with Gasteiger partial charge in [0.2, 0.25) is 12.2 Å². The van der Waals surface area contributed by atoms with Gasteiger partial charge in [0.1, 0.15) is 133 Å². The number of carbonyl (C=O) groups excluding carboxylic acids is 3. The second-order valence-electron chi connectivity index (χ2n) is 34.2. The molecule has 0 aromatic rings. The minimum absolute atomic E-state index is 0.00372. The molecule has 0 radical (unpaired) electrons. The van der Waals surface area contributed by atoms with Crippen LogP contribution in [-0.2, 0) is 85.5 Å². The Kier molecular flexibility index (Phi) is 25.4. The summed E-state index contributed by atoms with van der Waals surface area (Å²) >= 11 is 0. The first kappa shape index (κ1) is 85.9. The zero-order valence-corrected chi connectivity index (χ0v) is 62.5. The summed E-state index contributed by atoms with van der Waals surface area (Å²) in [6.07, 6.45) is -51.1. The molecular weight excluding hydrogens is 1470 g/mol. The number of amides is 1. The second kappa shape index (κ2) is 32.5. The average Bonchev–Trinajstić information content (AvgIpc) is 0.705. The molecule has 12 rings (SSSR count). The predicted molar refractivity (Wildman–Crippen MR) is 360 cm³/mol. The number of nitrogens with one attached hydrogen (secondary N) is 1. The third-order valence-electron chi connectivity index (χ3n) is 27.3. The molecular formula is C72H113NO37. The number of hydrogen-bond donors (Lipinski definition) is 20. The van der Waals surface area contributed by atoms with Crippen molar-refractivity contribution in [2.45, 2.75) is 322 Å². The number of aldehydes is 1. The Morgan fingerprint density at radius 3 is 1.83 bits per heavy atom. The van der Waals surface area contributed by atoms with Crippen LogP contribution in [0.5, 0.6) is 0 Å². The molecule has 4 saturated carbocycles. The fourth-order valence-electron chi connectivity index (χ4n) is 20.5. The van der Waals surface area contributed by atoms with Gasteiger partial charge in [-0.2, -0.15) is 0 Å². The van der Waals surface area contributed by atoms with Gasteiger partial charge in [-0.25, -0.2) is 4.79 Å². The van der Waals surface area contributed by atoms with Crippen molar-refractivity contribution in [1.82, 2.24) is 5.32 Å². The number of carboxylic acids is 1. The van der Waals surface area contributed by atoms with Gasteiger partial charge in [0, 0.05) is 6.42 Å². The van der Waals surface area contributed by atoms with E-state index < -0.39 is 304 Å². The van der Waals surface area contributed by atoms with Crippen LogP contribution in [-0.4, -0.2) is 363 Å². The number of ether oxygens (including phenoxy) is 14. The standard InChI is InChI=1S/C72H113NO37/c1-9-38(81)73-39-32(20-74)101-62(54(42(39)84)108-60-47(89)44(86)50(27(2)100-60)104-59-49(91)51(31(79)23-98-59)105-64-56(92)71(96,25-77)26-99-64)110-65(95)72-17-16-66(3,4)18-29(72)28-10-11-35-67(5)14-13-37(68(6,24-76)34(67)12-15-69(35,7)70(28,8)19-36(72)80)103-63-55(109-61-46(88)43(85)41(83)33(21-75)102-61)52(48(90)53(107-63)57(93)94)106-58-45(87)40(82)30(78)22-97-58/h10,24,27,29-37,39-56,58-64,74-75,77-80,82-92,96H,9,11-23,25-26H2,1-8H3,(H,73,81)(H,93,94)/t27?,29?,30-,31-,32?,33?,34+,35?,36?,37-,39-,40-,41-,42?,43-,44?,45?,46?,47?,48+,49?,50-,51?,52-,53?,54?,55?,56?,58-,59-,60-,61-,62-,63+,64+,67?,68+,69-,70+,71-,72+/m0/s1. The Bertz CT molecular complexity index is 3270. The molecule has 18 unspecified atom stereocenters. The lowest BCUT2D eigenvalue weighted by Crippen LogP contribution is -2.70. The molecule has 0 bridgehead atoms. The first-order valence-corrected chi connectivity index (χ1v) is 38.1. The molecule has 7 heterocycles. The normalized spacial score (nSPS) is 52.9. The molecule has 11 fully saturated rings. The number of aliphatic hydroxyl groups excluding tert-OH is 17. The van der Waals surface area contributed by atoms with Crippen LogP contribution in [0.2, 0.25) is 0 Å². The molecule has 12 aliphatic rings. The van der Waals surface area contributed by atoms with Crippen LogP contribution in [0.25, 0.3) is 0 Å². The van der Waals surface area contributed by atoms with E-state index in [9.17, 15) is 111 Å². The van der Waals surface area contributed by atoms with Gasteiger partial charge in [-0.15, -0.1) is 0 Å². The van der Waals surface area contributed by atoms with Crippen molar-refractivity contribution in [3.8, 4) is 0 Å². The van der Waals surface area contributed by atoms with Gasteiger partial charge < -0.3 is 173 Å². The van der Waals surface area contributed by atoms with Crippen molar-refractivity contribution in [3.05, 3.63) is 11.6 Å². The van der Waals surface area contributed by atoms with Gasteiger partial charge >= 0.3 is 11.9 Å². The number of carboxylic acid groups (broad SMARTS) is 1. The molecule has 7 saturated heterocycles. The summed E-state index contributed by atoms with van der Waals surface area (Å²) < 4.78 is 84.0. The maximum Gasteiger partial charge on any atom is 0.335 e. The van der Waals surface area contributed by atoms with Crippen LogP contribution in [0.4, 0.5) is 0 Å². The Balaban J connectivity index is 0.800. The van der Waals surface area contributed by atoms with E-state index in [1.807, 2.05) is 0 Å². The highest BCUT2D eigenvalue weighted by Crippen LogP contribution is 2.76. The van der Waals surface area contributed by atoms with E-state index in [1.165, 1.54) is 13.8 Å². The topological polar surface area (TPSA) is 594 Å². The van der Waals surface area contributed by atoms with Gasteiger partial charge in [-0.3, -0.25) is 9.59 Å². The molecule has 20 N–H and O–H groups in total. The molecule has 1 amide bonds. The van der Waals surface area contributed by atoms with Crippen molar-refractivity contribution >= 4 is 24.1 Å². The largest absolute Gasteiger partial charge is 0.479 e.